The Balaban J connectivity index is 2.00. The van der Waals surface area contributed by atoms with E-state index in [1.165, 1.54) is 0 Å². The number of hydrogen-bond donors (Lipinski definition) is 2. The Morgan fingerprint density at radius 3 is 2.85 bits per heavy atom. The van der Waals surface area contributed by atoms with Crippen LogP contribution in [-0.4, -0.2) is 17.1 Å². The SMILES string of the molecule is CC(Oc1cccc(Cl)c1)C(Cc1cccnc1)NN. The monoisotopic (exact) mass is 291 g/mol. The van der Waals surface area contributed by atoms with Crippen LogP contribution in [0.15, 0.2) is 48.8 Å². The number of benzene rings is 1. The summed E-state index contributed by atoms with van der Waals surface area (Å²) < 4.78 is 5.87. The molecule has 1 aromatic carbocycles. The van der Waals surface area contributed by atoms with Gasteiger partial charge in [0.05, 0.1) is 6.04 Å². The van der Waals surface area contributed by atoms with Crippen molar-refractivity contribution in [2.45, 2.75) is 25.5 Å². The number of aromatic nitrogens is 1. The highest BCUT2D eigenvalue weighted by atomic mass is 35.5. The van der Waals surface area contributed by atoms with Crippen LogP contribution in [0.25, 0.3) is 0 Å². The molecule has 0 spiro atoms. The number of hydrogen-bond acceptors (Lipinski definition) is 4. The lowest BCUT2D eigenvalue weighted by Crippen LogP contribution is -2.46. The number of hydrazine groups is 1. The number of pyridine rings is 1. The van der Waals surface area contributed by atoms with Gasteiger partial charge in [-0.3, -0.25) is 16.3 Å². The fourth-order valence-corrected chi connectivity index (χ4v) is 2.15. The van der Waals surface area contributed by atoms with Crippen LogP contribution in [0.2, 0.25) is 5.02 Å². The van der Waals surface area contributed by atoms with Crippen LogP contribution in [-0.2, 0) is 6.42 Å². The van der Waals surface area contributed by atoms with Crippen LogP contribution >= 0.6 is 11.6 Å². The van der Waals surface area contributed by atoms with E-state index in [-0.39, 0.29) is 12.1 Å². The van der Waals surface area contributed by atoms with Crippen molar-refractivity contribution in [3.8, 4) is 5.75 Å². The zero-order valence-corrected chi connectivity index (χ0v) is 12.0. The predicted molar refractivity (Wildman–Crippen MR) is 80.6 cm³/mol. The van der Waals surface area contributed by atoms with E-state index < -0.39 is 0 Å². The van der Waals surface area contributed by atoms with Crippen LogP contribution < -0.4 is 16.0 Å². The summed E-state index contributed by atoms with van der Waals surface area (Å²) in [7, 11) is 0. The first-order chi connectivity index (χ1) is 9.69. The Bertz CT molecular complexity index is 536. The molecule has 0 aliphatic carbocycles. The van der Waals surface area contributed by atoms with Crippen LogP contribution in [0.5, 0.6) is 5.75 Å². The average molecular weight is 292 g/mol. The maximum absolute atomic E-state index is 5.94. The quantitative estimate of drug-likeness (QED) is 0.634. The average Bonchev–Trinajstić information content (AvgIpc) is 2.45. The Morgan fingerprint density at radius 1 is 1.35 bits per heavy atom. The van der Waals surface area contributed by atoms with E-state index in [9.17, 15) is 0 Å². The molecule has 0 radical (unpaired) electrons. The molecule has 1 aromatic heterocycles. The van der Waals surface area contributed by atoms with Crippen molar-refractivity contribution < 1.29 is 4.74 Å². The Hall–Kier alpha value is -1.62. The summed E-state index contributed by atoms with van der Waals surface area (Å²) in [5.74, 6) is 6.36. The lowest BCUT2D eigenvalue weighted by atomic mass is 10.0. The normalized spacial score (nSPS) is 13.8. The highest BCUT2D eigenvalue weighted by molar-refractivity contribution is 6.30. The second-order valence-electron chi connectivity index (χ2n) is 4.62. The van der Waals surface area contributed by atoms with Crippen molar-refractivity contribution in [2.24, 2.45) is 5.84 Å². The Kier molecular flexibility index (Phi) is 5.35. The van der Waals surface area contributed by atoms with Gasteiger partial charge in [-0.2, -0.15) is 0 Å². The summed E-state index contributed by atoms with van der Waals surface area (Å²) in [5.41, 5.74) is 3.91. The van der Waals surface area contributed by atoms with Crippen LogP contribution in [0.4, 0.5) is 0 Å². The Morgan fingerprint density at radius 2 is 2.20 bits per heavy atom. The van der Waals surface area contributed by atoms with Crippen molar-refractivity contribution in [3.05, 3.63) is 59.4 Å². The summed E-state index contributed by atoms with van der Waals surface area (Å²) in [6, 6.07) is 11.2. The molecule has 106 valence electrons. The van der Waals surface area contributed by atoms with E-state index in [1.54, 1.807) is 12.3 Å². The summed E-state index contributed by atoms with van der Waals surface area (Å²) >= 11 is 5.94. The van der Waals surface area contributed by atoms with Gasteiger partial charge < -0.3 is 4.74 Å². The van der Waals surface area contributed by atoms with Gasteiger partial charge in [0.25, 0.3) is 0 Å². The lowest BCUT2D eigenvalue weighted by Gasteiger charge is -2.24. The first kappa shape index (κ1) is 14.8. The van der Waals surface area contributed by atoms with Crippen molar-refractivity contribution >= 4 is 11.6 Å². The third-order valence-electron chi connectivity index (χ3n) is 3.08. The van der Waals surface area contributed by atoms with Gasteiger partial charge in [0.15, 0.2) is 0 Å². The zero-order chi connectivity index (χ0) is 14.4. The molecule has 2 atom stereocenters. The van der Waals surface area contributed by atoms with E-state index in [0.29, 0.717) is 5.02 Å². The van der Waals surface area contributed by atoms with E-state index >= 15 is 0 Å². The van der Waals surface area contributed by atoms with Gasteiger partial charge in [-0.05, 0) is 43.2 Å². The fourth-order valence-electron chi connectivity index (χ4n) is 1.97. The molecule has 3 N–H and O–H groups in total. The third-order valence-corrected chi connectivity index (χ3v) is 3.31. The van der Waals surface area contributed by atoms with Crippen molar-refractivity contribution in [2.75, 3.05) is 0 Å². The zero-order valence-electron chi connectivity index (χ0n) is 11.3. The molecule has 0 bridgehead atoms. The van der Waals surface area contributed by atoms with Gasteiger partial charge in [-0.15, -0.1) is 0 Å². The van der Waals surface area contributed by atoms with Gasteiger partial charge in [0, 0.05) is 17.4 Å². The van der Waals surface area contributed by atoms with E-state index in [0.717, 1.165) is 17.7 Å². The summed E-state index contributed by atoms with van der Waals surface area (Å²) in [4.78, 5) is 4.10. The maximum Gasteiger partial charge on any atom is 0.121 e. The number of ether oxygens (including phenoxy) is 1. The summed E-state index contributed by atoms with van der Waals surface area (Å²) in [5, 5.41) is 0.652. The minimum atomic E-state index is -0.0985. The first-order valence-corrected chi connectivity index (χ1v) is 6.84. The molecule has 2 unspecified atom stereocenters. The number of halogens is 1. The molecule has 20 heavy (non-hydrogen) atoms. The molecule has 0 aliphatic heterocycles. The topological polar surface area (TPSA) is 60.2 Å². The highest BCUT2D eigenvalue weighted by Crippen LogP contribution is 2.19. The molecular formula is C15H18ClN3O. The van der Waals surface area contributed by atoms with E-state index in [2.05, 4.69) is 10.4 Å². The molecule has 0 saturated carbocycles. The predicted octanol–water partition coefficient (Wildman–Crippen LogP) is 2.58. The molecule has 5 heteroatoms. The lowest BCUT2D eigenvalue weighted by molar-refractivity contribution is 0.169. The van der Waals surface area contributed by atoms with Crippen molar-refractivity contribution in [3.63, 3.8) is 0 Å². The molecule has 0 amide bonds. The summed E-state index contributed by atoms with van der Waals surface area (Å²) in [6.07, 6.45) is 4.22. The van der Waals surface area contributed by atoms with Gasteiger partial charge >= 0.3 is 0 Å². The van der Waals surface area contributed by atoms with Crippen molar-refractivity contribution in [1.82, 2.24) is 10.4 Å². The third kappa shape index (κ3) is 4.20. The second-order valence-corrected chi connectivity index (χ2v) is 5.06. The molecule has 0 aliphatic rings. The van der Waals surface area contributed by atoms with E-state index in [4.69, 9.17) is 22.2 Å². The van der Waals surface area contributed by atoms with Gasteiger partial charge in [-0.25, -0.2) is 0 Å². The highest BCUT2D eigenvalue weighted by Gasteiger charge is 2.18. The van der Waals surface area contributed by atoms with E-state index in [1.807, 2.05) is 43.5 Å². The fraction of sp³-hybridized carbons (Fsp3) is 0.267. The smallest absolute Gasteiger partial charge is 0.121 e. The maximum atomic E-state index is 5.94. The van der Waals surface area contributed by atoms with Gasteiger partial charge in [0.1, 0.15) is 11.9 Å². The molecule has 1 heterocycles. The largest absolute Gasteiger partial charge is 0.489 e. The molecule has 4 nitrogen and oxygen atoms in total. The van der Waals surface area contributed by atoms with Gasteiger partial charge in [0.2, 0.25) is 0 Å². The number of rotatable bonds is 6. The standard InChI is InChI=1S/C15H18ClN3O/c1-11(20-14-6-2-5-13(16)9-14)15(19-17)8-12-4-3-7-18-10-12/h2-7,9-11,15,19H,8,17H2,1H3. The molecule has 0 saturated heterocycles. The molecular weight excluding hydrogens is 274 g/mol. The van der Waals surface area contributed by atoms with Crippen molar-refractivity contribution in [1.29, 1.82) is 0 Å². The molecule has 2 rings (SSSR count). The summed E-state index contributed by atoms with van der Waals surface area (Å²) in [6.45, 7) is 1.97. The number of nitrogens with two attached hydrogens (primary N) is 1. The minimum Gasteiger partial charge on any atom is -0.489 e. The van der Waals surface area contributed by atoms with Crippen LogP contribution in [0.3, 0.4) is 0 Å². The number of nitrogens with zero attached hydrogens (tertiary/aromatic N) is 1. The van der Waals surface area contributed by atoms with Gasteiger partial charge in [-0.1, -0.05) is 23.7 Å². The number of nitrogens with one attached hydrogen (secondary N) is 1. The molecule has 2 aromatic rings. The minimum absolute atomic E-state index is 0.0156. The molecule has 0 fully saturated rings. The van der Waals surface area contributed by atoms with Crippen LogP contribution in [0, 0.1) is 0 Å². The van der Waals surface area contributed by atoms with Crippen LogP contribution in [0.1, 0.15) is 12.5 Å². The second kappa shape index (κ2) is 7.24. The Labute approximate surface area is 123 Å². The first-order valence-electron chi connectivity index (χ1n) is 6.46.